The lowest BCUT2D eigenvalue weighted by molar-refractivity contribution is 0.0697. The minimum atomic E-state index is -0.987. The molecular formula is C9H13N3O2. The predicted octanol–water partition coefficient (Wildman–Crippen LogP) is 1.39. The number of hydrogen-bond acceptors (Lipinski definition) is 4. The smallest absolute Gasteiger partial charge is 0.339 e. The minimum absolute atomic E-state index is 0.163. The van der Waals surface area contributed by atoms with Gasteiger partial charge in [-0.3, -0.25) is 0 Å². The maximum absolute atomic E-state index is 10.7. The standard InChI is InChI=1S/C9H13N3O2/c1-2-3-5-10-8-7(9(13)14)4-6-11-12-8/h4,6H,2-3,5H2,1H3,(H,10,12)(H,13,14). The molecule has 76 valence electrons. The van der Waals surface area contributed by atoms with Crippen molar-refractivity contribution < 1.29 is 9.90 Å². The van der Waals surface area contributed by atoms with Crippen molar-refractivity contribution in [1.82, 2.24) is 10.2 Å². The first-order valence-electron chi connectivity index (χ1n) is 4.54. The summed E-state index contributed by atoms with van der Waals surface area (Å²) >= 11 is 0. The Balaban J connectivity index is 2.69. The Labute approximate surface area is 82.2 Å². The van der Waals surface area contributed by atoms with Crippen LogP contribution in [0.5, 0.6) is 0 Å². The summed E-state index contributed by atoms with van der Waals surface area (Å²) < 4.78 is 0. The van der Waals surface area contributed by atoms with E-state index < -0.39 is 5.97 Å². The highest BCUT2D eigenvalue weighted by Crippen LogP contribution is 2.09. The summed E-state index contributed by atoms with van der Waals surface area (Å²) in [6, 6.07) is 1.43. The molecule has 5 heteroatoms. The van der Waals surface area contributed by atoms with Crippen molar-refractivity contribution >= 4 is 11.8 Å². The van der Waals surface area contributed by atoms with Crippen LogP contribution in [-0.2, 0) is 0 Å². The third kappa shape index (κ3) is 2.69. The number of rotatable bonds is 5. The average Bonchev–Trinajstić information content (AvgIpc) is 2.19. The number of aromatic carboxylic acids is 1. The van der Waals surface area contributed by atoms with Gasteiger partial charge in [-0.05, 0) is 12.5 Å². The maximum Gasteiger partial charge on any atom is 0.339 e. The molecule has 0 aromatic carbocycles. The van der Waals surface area contributed by atoms with E-state index in [-0.39, 0.29) is 5.56 Å². The quantitative estimate of drug-likeness (QED) is 0.694. The summed E-state index contributed by atoms with van der Waals surface area (Å²) in [6.07, 6.45) is 3.40. The van der Waals surface area contributed by atoms with Crippen molar-refractivity contribution in [2.24, 2.45) is 0 Å². The number of unbranched alkanes of at least 4 members (excludes halogenated alkanes) is 1. The molecule has 5 nitrogen and oxygen atoms in total. The first kappa shape index (κ1) is 10.4. The van der Waals surface area contributed by atoms with Gasteiger partial charge < -0.3 is 10.4 Å². The van der Waals surface area contributed by atoms with Crippen LogP contribution < -0.4 is 5.32 Å². The van der Waals surface area contributed by atoms with E-state index in [2.05, 4.69) is 22.4 Å². The Morgan fingerprint density at radius 2 is 2.43 bits per heavy atom. The second-order valence-corrected chi connectivity index (χ2v) is 2.88. The van der Waals surface area contributed by atoms with Crippen LogP contribution in [0.25, 0.3) is 0 Å². The zero-order valence-electron chi connectivity index (χ0n) is 8.03. The minimum Gasteiger partial charge on any atom is -0.478 e. The average molecular weight is 195 g/mol. The number of aromatic nitrogens is 2. The number of nitrogens with one attached hydrogen (secondary N) is 1. The molecule has 0 radical (unpaired) electrons. The van der Waals surface area contributed by atoms with Crippen LogP contribution >= 0.6 is 0 Å². The van der Waals surface area contributed by atoms with Crippen LogP contribution in [0.15, 0.2) is 12.3 Å². The summed E-state index contributed by atoms with van der Waals surface area (Å²) in [6.45, 7) is 2.78. The summed E-state index contributed by atoms with van der Waals surface area (Å²) in [5.74, 6) is -0.646. The molecule has 1 rings (SSSR count). The van der Waals surface area contributed by atoms with Gasteiger partial charge in [0.2, 0.25) is 0 Å². The zero-order valence-corrected chi connectivity index (χ0v) is 8.03. The van der Waals surface area contributed by atoms with Gasteiger partial charge in [-0.1, -0.05) is 13.3 Å². The van der Waals surface area contributed by atoms with E-state index in [0.717, 1.165) is 19.4 Å². The number of nitrogens with zero attached hydrogens (tertiary/aromatic N) is 2. The van der Waals surface area contributed by atoms with Gasteiger partial charge in [-0.25, -0.2) is 4.79 Å². The second kappa shape index (κ2) is 5.16. The molecule has 0 aliphatic rings. The van der Waals surface area contributed by atoms with Gasteiger partial charge in [-0.2, -0.15) is 5.10 Å². The van der Waals surface area contributed by atoms with Gasteiger partial charge in [-0.15, -0.1) is 5.10 Å². The molecule has 14 heavy (non-hydrogen) atoms. The number of carboxylic acids is 1. The summed E-state index contributed by atoms with van der Waals surface area (Å²) in [5.41, 5.74) is 0.163. The largest absolute Gasteiger partial charge is 0.478 e. The predicted molar refractivity (Wildman–Crippen MR) is 52.4 cm³/mol. The van der Waals surface area contributed by atoms with Gasteiger partial charge in [0.05, 0.1) is 6.20 Å². The highest BCUT2D eigenvalue weighted by molar-refractivity contribution is 5.92. The molecule has 0 bridgehead atoms. The molecular weight excluding hydrogens is 182 g/mol. The Morgan fingerprint density at radius 3 is 3.07 bits per heavy atom. The zero-order chi connectivity index (χ0) is 10.4. The SMILES string of the molecule is CCCCNc1nnccc1C(=O)O. The molecule has 0 aliphatic heterocycles. The molecule has 1 aromatic heterocycles. The van der Waals surface area contributed by atoms with E-state index in [1.807, 2.05) is 0 Å². The van der Waals surface area contributed by atoms with Crippen LogP contribution in [0.1, 0.15) is 30.1 Å². The van der Waals surface area contributed by atoms with Crippen LogP contribution in [0, 0.1) is 0 Å². The Hall–Kier alpha value is -1.65. The van der Waals surface area contributed by atoms with E-state index in [0.29, 0.717) is 5.82 Å². The van der Waals surface area contributed by atoms with E-state index in [1.165, 1.54) is 12.3 Å². The highest BCUT2D eigenvalue weighted by atomic mass is 16.4. The number of hydrogen-bond donors (Lipinski definition) is 2. The molecule has 0 fully saturated rings. The van der Waals surface area contributed by atoms with Crippen molar-refractivity contribution in [3.05, 3.63) is 17.8 Å². The first-order chi connectivity index (χ1) is 6.75. The fourth-order valence-electron chi connectivity index (χ4n) is 1.02. The van der Waals surface area contributed by atoms with Gasteiger partial charge in [0.25, 0.3) is 0 Å². The van der Waals surface area contributed by atoms with E-state index in [4.69, 9.17) is 5.11 Å². The molecule has 1 heterocycles. The van der Waals surface area contributed by atoms with E-state index >= 15 is 0 Å². The molecule has 0 atom stereocenters. The molecule has 0 unspecified atom stereocenters. The van der Waals surface area contributed by atoms with Crippen LogP contribution in [0.3, 0.4) is 0 Å². The van der Waals surface area contributed by atoms with Crippen LogP contribution in [0.4, 0.5) is 5.82 Å². The highest BCUT2D eigenvalue weighted by Gasteiger charge is 2.09. The van der Waals surface area contributed by atoms with Crippen molar-refractivity contribution in [2.75, 3.05) is 11.9 Å². The van der Waals surface area contributed by atoms with Crippen molar-refractivity contribution in [3.63, 3.8) is 0 Å². The fraction of sp³-hybridized carbons (Fsp3) is 0.444. The number of carbonyl (C=O) groups is 1. The molecule has 0 aliphatic carbocycles. The third-order valence-corrected chi connectivity index (χ3v) is 1.77. The topological polar surface area (TPSA) is 75.1 Å². The Bertz CT molecular complexity index is 315. The monoisotopic (exact) mass is 195 g/mol. The molecule has 0 spiro atoms. The summed E-state index contributed by atoms with van der Waals surface area (Å²) in [4.78, 5) is 10.7. The van der Waals surface area contributed by atoms with Gasteiger partial charge in [0.1, 0.15) is 5.56 Å². The van der Waals surface area contributed by atoms with Gasteiger partial charge >= 0.3 is 5.97 Å². The van der Waals surface area contributed by atoms with Gasteiger partial charge in [0.15, 0.2) is 5.82 Å². The Kier molecular flexibility index (Phi) is 3.84. The van der Waals surface area contributed by atoms with Crippen molar-refractivity contribution in [2.45, 2.75) is 19.8 Å². The van der Waals surface area contributed by atoms with Gasteiger partial charge in [0, 0.05) is 6.54 Å². The Morgan fingerprint density at radius 1 is 1.64 bits per heavy atom. The van der Waals surface area contributed by atoms with Crippen LogP contribution in [-0.4, -0.2) is 27.8 Å². The lowest BCUT2D eigenvalue weighted by atomic mass is 10.2. The maximum atomic E-state index is 10.7. The molecule has 0 saturated carbocycles. The molecule has 0 saturated heterocycles. The summed E-state index contributed by atoms with van der Waals surface area (Å²) in [7, 11) is 0. The number of anilines is 1. The fourth-order valence-corrected chi connectivity index (χ4v) is 1.02. The summed E-state index contributed by atoms with van der Waals surface area (Å²) in [5, 5.41) is 19.1. The molecule has 2 N–H and O–H groups in total. The van der Waals surface area contributed by atoms with Crippen molar-refractivity contribution in [3.8, 4) is 0 Å². The van der Waals surface area contributed by atoms with E-state index in [1.54, 1.807) is 0 Å². The van der Waals surface area contributed by atoms with Crippen molar-refractivity contribution in [1.29, 1.82) is 0 Å². The van der Waals surface area contributed by atoms with E-state index in [9.17, 15) is 4.79 Å². The first-order valence-corrected chi connectivity index (χ1v) is 4.54. The molecule has 0 amide bonds. The molecule has 1 aromatic rings. The number of carboxylic acid groups (broad SMARTS) is 1. The normalized spacial score (nSPS) is 9.79. The second-order valence-electron chi connectivity index (χ2n) is 2.88. The van der Waals surface area contributed by atoms with Crippen LogP contribution in [0.2, 0.25) is 0 Å². The lowest BCUT2D eigenvalue weighted by Crippen LogP contribution is -2.10. The third-order valence-electron chi connectivity index (χ3n) is 1.77. The lowest BCUT2D eigenvalue weighted by Gasteiger charge is -2.05.